The molecule has 1 aromatic carbocycles. The Morgan fingerprint density at radius 3 is 2.78 bits per heavy atom. The van der Waals surface area contributed by atoms with E-state index in [0.29, 0.717) is 13.0 Å². The standard InChI is InChI=1S/C13H14BrNO3/c1-2-18-13(17)12(10-7-11(16)15-10)8-5-3-4-6-9(8)14/h3-6,10,12H,2,7H2,1H3,(H,15,16). The van der Waals surface area contributed by atoms with Crippen LogP contribution in [0.15, 0.2) is 28.7 Å². The van der Waals surface area contributed by atoms with Crippen molar-refractivity contribution in [2.24, 2.45) is 0 Å². The van der Waals surface area contributed by atoms with Crippen LogP contribution in [0.4, 0.5) is 0 Å². The Labute approximate surface area is 114 Å². The maximum absolute atomic E-state index is 12.0. The topological polar surface area (TPSA) is 55.4 Å². The summed E-state index contributed by atoms with van der Waals surface area (Å²) in [6.07, 6.45) is 0.366. The number of hydrogen-bond acceptors (Lipinski definition) is 3. The maximum Gasteiger partial charge on any atom is 0.315 e. The van der Waals surface area contributed by atoms with Gasteiger partial charge in [0, 0.05) is 10.9 Å². The van der Waals surface area contributed by atoms with Crippen molar-refractivity contribution in [1.82, 2.24) is 5.32 Å². The molecule has 1 N–H and O–H groups in total. The molecule has 2 atom stereocenters. The number of amides is 1. The molecule has 1 saturated heterocycles. The number of nitrogens with one attached hydrogen (secondary N) is 1. The summed E-state index contributed by atoms with van der Waals surface area (Å²) in [4.78, 5) is 23.1. The van der Waals surface area contributed by atoms with Gasteiger partial charge in [-0.1, -0.05) is 34.1 Å². The molecule has 0 bridgehead atoms. The second kappa shape index (κ2) is 5.52. The third-order valence-electron chi connectivity index (χ3n) is 2.93. The van der Waals surface area contributed by atoms with Crippen LogP contribution in [0.2, 0.25) is 0 Å². The number of carbonyl (C=O) groups excluding carboxylic acids is 2. The van der Waals surface area contributed by atoms with Gasteiger partial charge >= 0.3 is 5.97 Å². The first-order valence-corrected chi connectivity index (χ1v) is 6.63. The largest absolute Gasteiger partial charge is 0.465 e. The summed E-state index contributed by atoms with van der Waals surface area (Å²) >= 11 is 3.43. The van der Waals surface area contributed by atoms with Crippen molar-refractivity contribution in [2.75, 3.05) is 6.61 Å². The number of halogens is 1. The lowest BCUT2D eigenvalue weighted by Crippen LogP contribution is -2.53. The SMILES string of the molecule is CCOC(=O)C(c1ccccc1Br)C1CC(=O)N1. The maximum atomic E-state index is 12.0. The molecule has 1 aliphatic rings. The molecular formula is C13H14BrNO3. The van der Waals surface area contributed by atoms with E-state index < -0.39 is 5.92 Å². The second-order valence-corrected chi connectivity index (χ2v) is 4.98. The fraction of sp³-hybridized carbons (Fsp3) is 0.385. The molecule has 96 valence electrons. The van der Waals surface area contributed by atoms with Gasteiger partial charge in [0.1, 0.15) is 5.92 Å². The Morgan fingerprint density at radius 1 is 1.56 bits per heavy atom. The van der Waals surface area contributed by atoms with E-state index in [4.69, 9.17) is 4.74 Å². The van der Waals surface area contributed by atoms with E-state index in [2.05, 4.69) is 21.2 Å². The Hall–Kier alpha value is -1.36. The molecule has 0 saturated carbocycles. The van der Waals surface area contributed by atoms with Gasteiger partial charge in [0.05, 0.1) is 12.6 Å². The van der Waals surface area contributed by atoms with Crippen molar-refractivity contribution in [3.05, 3.63) is 34.3 Å². The Bertz CT molecular complexity index is 467. The number of hydrogen-bond donors (Lipinski definition) is 1. The molecule has 1 aliphatic heterocycles. The number of rotatable bonds is 4. The summed E-state index contributed by atoms with van der Waals surface area (Å²) < 4.78 is 5.95. The first kappa shape index (κ1) is 13.1. The normalized spacial score (nSPS) is 19.7. The molecule has 1 amide bonds. The van der Waals surface area contributed by atoms with Gasteiger partial charge in [-0.25, -0.2) is 0 Å². The van der Waals surface area contributed by atoms with Crippen LogP contribution in [-0.4, -0.2) is 24.5 Å². The molecule has 2 unspecified atom stereocenters. The smallest absolute Gasteiger partial charge is 0.315 e. The van der Waals surface area contributed by atoms with Crippen LogP contribution in [0.25, 0.3) is 0 Å². The number of β-lactam (4-membered cyclic amide) rings is 1. The lowest BCUT2D eigenvalue weighted by Gasteiger charge is -2.33. The highest BCUT2D eigenvalue weighted by Crippen LogP contribution is 2.32. The van der Waals surface area contributed by atoms with Crippen molar-refractivity contribution >= 4 is 27.8 Å². The van der Waals surface area contributed by atoms with Crippen molar-refractivity contribution in [3.8, 4) is 0 Å². The first-order chi connectivity index (χ1) is 8.63. The van der Waals surface area contributed by atoms with E-state index in [1.54, 1.807) is 6.92 Å². The molecule has 0 aromatic heterocycles. The average Bonchev–Trinajstić information content (AvgIpc) is 2.30. The fourth-order valence-electron chi connectivity index (χ4n) is 2.05. The zero-order valence-electron chi connectivity index (χ0n) is 9.98. The van der Waals surface area contributed by atoms with Gasteiger partial charge in [-0.2, -0.15) is 0 Å². The number of ether oxygens (including phenoxy) is 1. The van der Waals surface area contributed by atoms with Gasteiger partial charge in [-0.3, -0.25) is 9.59 Å². The number of carbonyl (C=O) groups is 2. The molecule has 1 heterocycles. The van der Waals surface area contributed by atoms with E-state index in [9.17, 15) is 9.59 Å². The van der Waals surface area contributed by atoms with Crippen molar-refractivity contribution in [2.45, 2.75) is 25.3 Å². The van der Waals surface area contributed by atoms with Crippen LogP contribution in [-0.2, 0) is 14.3 Å². The predicted octanol–water partition coefficient (Wildman–Crippen LogP) is 1.98. The Morgan fingerprint density at radius 2 is 2.22 bits per heavy atom. The summed E-state index contributed by atoms with van der Waals surface area (Å²) in [5.41, 5.74) is 0.848. The third kappa shape index (κ3) is 2.56. The van der Waals surface area contributed by atoms with E-state index >= 15 is 0 Å². The summed E-state index contributed by atoms with van der Waals surface area (Å²) in [6, 6.07) is 7.33. The number of benzene rings is 1. The summed E-state index contributed by atoms with van der Waals surface area (Å²) in [7, 11) is 0. The monoisotopic (exact) mass is 311 g/mol. The minimum atomic E-state index is -0.446. The first-order valence-electron chi connectivity index (χ1n) is 5.84. The second-order valence-electron chi connectivity index (χ2n) is 4.13. The van der Waals surface area contributed by atoms with Crippen LogP contribution in [0.5, 0.6) is 0 Å². The lowest BCUT2D eigenvalue weighted by molar-refractivity contribution is -0.147. The summed E-state index contributed by atoms with van der Waals surface area (Å²) in [5.74, 6) is -0.769. The third-order valence-corrected chi connectivity index (χ3v) is 3.66. The summed E-state index contributed by atoms with van der Waals surface area (Å²) in [5, 5.41) is 2.75. The molecule has 1 fully saturated rings. The van der Waals surface area contributed by atoms with E-state index in [-0.39, 0.29) is 17.9 Å². The molecule has 2 rings (SSSR count). The zero-order chi connectivity index (χ0) is 13.1. The van der Waals surface area contributed by atoms with Gasteiger partial charge in [0.2, 0.25) is 5.91 Å². The molecule has 5 heteroatoms. The average molecular weight is 312 g/mol. The van der Waals surface area contributed by atoms with E-state index in [1.165, 1.54) is 0 Å². The highest BCUT2D eigenvalue weighted by atomic mass is 79.9. The van der Waals surface area contributed by atoms with Crippen LogP contribution in [0.3, 0.4) is 0 Å². The van der Waals surface area contributed by atoms with E-state index in [0.717, 1.165) is 10.0 Å². The zero-order valence-corrected chi connectivity index (χ0v) is 11.6. The molecule has 1 aromatic rings. The molecular weight excluding hydrogens is 298 g/mol. The fourth-order valence-corrected chi connectivity index (χ4v) is 2.59. The Kier molecular flexibility index (Phi) is 4.01. The molecule has 4 nitrogen and oxygen atoms in total. The summed E-state index contributed by atoms with van der Waals surface area (Å²) in [6.45, 7) is 2.11. The minimum absolute atomic E-state index is 0.0265. The predicted molar refractivity (Wildman–Crippen MR) is 70.1 cm³/mol. The van der Waals surface area contributed by atoms with Gasteiger partial charge in [-0.15, -0.1) is 0 Å². The Balaban J connectivity index is 2.27. The van der Waals surface area contributed by atoms with Crippen molar-refractivity contribution in [3.63, 3.8) is 0 Å². The molecule has 18 heavy (non-hydrogen) atoms. The molecule has 0 spiro atoms. The highest BCUT2D eigenvalue weighted by Gasteiger charge is 2.39. The van der Waals surface area contributed by atoms with Crippen LogP contribution < -0.4 is 5.32 Å². The highest BCUT2D eigenvalue weighted by molar-refractivity contribution is 9.10. The molecule has 0 radical (unpaired) electrons. The van der Waals surface area contributed by atoms with Crippen LogP contribution >= 0.6 is 15.9 Å². The quantitative estimate of drug-likeness (QED) is 0.683. The van der Waals surface area contributed by atoms with Gasteiger partial charge in [-0.05, 0) is 18.6 Å². The van der Waals surface area contributed by atoms with Crippen LogP contribution in [0, 0.1) is 0 Å². The minimum Gasteiger partial charge on any atom is -0.465 e. The van der Waals surface area contributed by atoms with Gasteiger partial charge in [0.15, 0.2) is 0 Å². The van der Waals surface area contributed by atoms with Crippen molar-refractivity contribution < 1.29 is 14.3 Å². The van der Waals surface area contributed by atoms with E-state index in [1.807, 2.05) is 24.3 Å². The lowest BCUT2D eigenvalue weighted by atomic mass is 9.85. The van der Waals surface area contributed by atoms with Crippen LogP contribution in [0.1, 0.15) is 24.8 Å². The van der Waals surface area contributed by atoms with Gasteiger partial charge < -0.3 is 10.1 Å². The number of esters is 1. The molecule has 0 aliphatic carbocycles. The van der Waals surface area contributed by atoms with Crippen molar-refractivity contribution in [1.29, 1.82) is 0 Å². The van der Waals surface area contributed by atoms with Gasteiger partial charge in [0.25, 0.3) is 0 Å².